The van der Waals surface area contributed by atoms with E-state index in [1.165, 1.54) is 0 Å². The number of likely N-dealkylation sites (tertiary alicyclic amines) is 1. The number of Topliss-reactive ketones (excluding diaryl/α,β-unsaturated/α-hetero) is 1. The van der Waals surface area contributed by atoms with Crippen molar-refractivity contribution in [2.75, 3.05) is 32.8 Å². The van der Waals surface area contributed by atoms with E-state index in [0.717, 1.165) is 38.8 Å². The number of hydrogen-bond donors (Lipinski definition) is 0. The fourth-order valence-electron chi connectivity index (χ4n) is 2.90. The average Bonchev–Trinajstić information content (AvgIpc) is 3.07. The highest BCUT2D eigenvalue weighted by atomic mass is 16.6. The van der Waals surface area contributed by atoms with Crippen molar-refractivity contribution in [2.24, 2.45) is 16.8 Å². The van der Waals surface area contributed by atoms with Crippen molar-refractivity contribution in [3.8, 4) is 0 Å². The Kier molecular flexibility index (Phi) is 6.86. The topological polar surface area (TPSA) is 68.2 Å². The maximum absolute atomic E-state index is 11.9. The molecule has 0 radical (unpaired) electrons. The van der Waals surface area contributed by atoms with Crippen LogP contribution in [0.4, 0.5) is 4.79 Å². The van der Waals surface area contributed by atoms with Gasteiger partial charge >= 0.3 is 6.09 Å². The quantitative estimate of drug-likeness (QED) is 0.722. The summed E-state index contributed by atoms with van der Waals surface area (Å²) in [6.07, 6.45) is 4.18. The minimum atomic E-state index is -0.191. The summed E-state index contributed by atoms with van der Waals surface area (Å²) < 4.78 is 10.4. The van der Waals surface area contributed by atoms with Crippen molar-refractivity contribution in [1.82, 2.24) is 4.90 Å². The van der Waals surface area contributed by atoms with Gasteiger partial charge in [-0.1, -0.05) is 13.8 Å². The molecule has 6 nitrogen and oxygen atoms in total. The number of nitrogens with zero attached hydrogens (tertiary/aromatic N) is 2. The number of piperidine rings is 1. The molecule has 0 aromatic carbocycles. The van der Waals surface area contributed by atoms with E-state index in [-0.39, 0.29) is 11.9 Å². The predicted molar refractivity (Wildman–Crippen MR) is 87.6 cm³/mol. The van der Waals surface area contributed by atoms with Gasteiger partial charge in [0.2, 0.25) is 5.78 Å². The van der Waals surface area contributed by atoms with Gasteiger partial charge in [0.1, 0.15) is 6.61 Å². The van der Waals surface area contributed by atoms with Crippen molar-refractivity contribution >= 4 is 17.8 Å². The van der Waals surface area contributed by atoms with E-state index in [0.29, 0.717) is 43.9 Å². The van der Waals surface area contributed by atoms with E-state index in [1.54, 1.807) is 4.90 Å². The molecular formula is C17H28N2O4. The molecule has 2 aliphatic heterocycles. The van der Waals surface area contributed by atoms with Gasteiger partial charge in [0.25, 0.3) is 5.90 Å². The first-order valence-corrected chi connectivity index (χ1v) is 8.68. The smallest absolute Gasteiger partial charge is 0.409 e. The molecule has 0 N–H and O–H groups in total. The Hall–Kier alpha value is -1.59. The van der Waals surface area contributed by atoms with Gasteiger partial charge in [0.15, 0.2) is 0 Å². The summed E-state index contributed by atoms with van der Waals surface area (Å²) in [5.74, 6) is 1.29. The molecule has 1 fully saturated rings. The normalized spacial score (nSPS) is 18.7. The molecule has 0 aliphatic carbocycles. The second-order valence-corrected chi connectivity index (χ2v) is 6.75. The number of carbonyl (C=O) groups excluding carboxylic acids is 2. The van der Waals surface area contributed by atoms with Crippen molar-refractivity contribution in [2.45, 2.75) is 46.0 Å². The molecule has 2 heterocycles. The highest BCUT2D eigenvalue weighted by Gasteiger charge is 2.24. The van der Waals surface area contributed by atoms with Gasteiger partial charge in [-0.3, -0.25) is 4.79 Å². The summed E-state index contributed by atoms with van der Waals surface area (Å²) in [6.45, 7) is 7.19. The number of carbonyl (C=O) groups is 2. The molecule has 0 bridgehead atoms. The van der Waals surface area contributed by atoms with Gasteiger partial charge in [-0.2, -0.15) is 0 Å². The third-order valence-corrected chi connectivity index (χ3v) is 4.25. The zero-order valence-corrected chi connectivity index (χ0v) is 14.3. The van der Waals surface area contributed by atoms with Crippen molar-refractivity contribution in [1.29, 1.82) is 0 Å². The molecule has 23 heavy (non-hydrogen) atoms. The first kappa shape index (κ1) is 17.8. The highest BCUT2D eigenvalue weighted by molar-refractivity contribution is 6.36. The molecule has 0 unspecified atom stereocenters. The molecule has 1 amide bonds. The summed E-state index contributed by atoms with van der Waals surface area (Å²) in [4.78, 5) is 29.6. The van der Waals surface area contributed by atoms with Crippen LogP contribution in [0.2, 0.25) is 0 Å². The molecule has 2 rings (SSSR count). The van der Waals surface area contributed by atoms with Gasteiger partial charge in [-0.05, 0) is 37.5 Å². The molecule has 2 aliphatic rings. The summed E-state index contributed by atoms with van der Waals surface area (Å²) in [5.41, 5.74) is 0. The molecule has 6 heteroatoms. The lowest BCUT2D eigenvalue weighted by Crippen LogP contribution is -2.39. The SMILES string of the molecule is CC(C)COC(=O)N1CCC(CCCC(=O)C2=NCCO2)CC1. The Morgan fingerprint density at radius 2 is 2.09 bits per heavy atom. The van der Waals surface area contributed by atoms with Crippen LogP contribution < -0.4 is 0 Å². The molecule has 0 atom stereocenters. The van der Waals surface area contributed by atoms with Crippen LogP contribution in [0.25, 0.3) is 0 Å². The zero-order chi connectivity index (χ0) is 16.7. The largest absolute Gasteiger partial charge is 0.473 e. The monoisotopic (exact) mass is 324 g/mol. The van der Waals surface area contributed by atoms with Crippen molar-refractivity contribution in [3.63, 3.8) is 0 Å². The van der Waals surface area contributed by atoms with E-state index >= 15 is 0 Å². The van der Waals surface area contributed by atoms with E-state index in [2.05, 4.69) is 4.99 Å². The number of hydrogen-bond acceptors (Lipinski definition) is 5. The third-order valence-electron chi connectivity index (χ3n) is 4.25. The fourth-order valence-corrected chi connectivity index (χ4v) is 2.90. The van der Waals surface area contributed by atoms with Gasteiger partial charge in [-0.15, -0.1) is 0 Å². The van der Waals surface area contributed by atoms with Gasteiger partial charge in [0.05, 0.1) is 13.2 Å². The second-order valence-electron chi connectivity index (χ2n) is 6.75. The summed E-state index contributed by atoms with van der Waals surface area (Å²) in [7, 11) is 0. The van der Waals surface area contributed by atoms with E-state index in [1.807, 2.05) is 13.8 Å². The summed E-state index contributed by atoms with van der Waals surface area (Å²) in [6, 6.07) is 0. The Balaban J connectivity index is 1.59. The zero-order valence-electron chi connectivity index (χ0n) is 14.3. The van der Waals surface area contributed by atoms with Crippen LogP contribution in [0.15, 0.2) is 4.99 Å². The second kappa shape index (κ2) is 8.89. The highest BCUT2D eigenvalue weighted by Crippen LogP contribution is 2.23. The Labute approximate surface area is 138 Å². The Bertz CT molecular complexity index is 440. The summed E-state index contributed by atoms with van der Waals surface area (Å²) >= 11 is 0. The lowest BCUT2D eigenvalue weighted by Gasteiger charge is -2.31. The number of ether oxygens (including phenoxy) is 2. The van der Waals surface area contributed by atoms with Crippen LogP contribution in [-0.2, 0) is 14.3 Å². The van der Waals surface area contributed by atoms with Crippen molar-refractivity contribution < 1.29 is 19.1 Å². The van der Waals surface area contributed by atoms with Crippen LogP contribution in [0.5, 0.6) is 0 Å². The number of ketones is 1. The standard InChI is InChI=1S/C17H28N2O4/c1-13(2)12-23-17(21)19-9-6-14(7-10-19)4-3-5-15(20)16-18-8-11-22-16/h13-14H,3-12H2,1-2H3. The van der Waals surface area contributed by atoms with E-state index in [4.69, 9.17) is 9.47 Å². The van der Waals surface area contributed by atoms with Gasteiger partial charge in [-0.25, -0.2) is 9.79 Å². The summed E-state index contributed by atoms with van der Waals surface area (Å²) in [5, 5.41) is 0. The lowest BCUT2D eigenvalue weighted by molar-refractivity contribution is -0.114. The molecular weight excluding hydrogens is 296 g/mol. The first-order chi connectivity index (χ1) is 11.1. The molecule has 0 aromatic heterocycles. The van der Waals surface area contributed by atoms with Crippen LogP contribution in [0, 0.1) is 11.8 Å². The Morgan fingerprint density at radius 3 is 2.70 bits per heavy atom. The first-order valence-electron chi connectivity index (χ1n) is 8.68. The van der Waals surface area contributed by atoms with Crippen LogP contribution >= 0.6 is 0 Å². The van der Waals surface area contributed by atoms with Gasteiger partial charge < -0.3 is 14.4 Å². The van der Waals surface area contributed by atoms with E-state index < -0.39 is 0 Å². The number of rotatable bonds is 7. The fraction of sp³-hybridized carbons (Fsp3) is 0.824. The molecule has 1 saturated heterocycles. The van der Waals surface area contributed by atoms with Crippen LogP contribution in [-0.4, -0.2) is 55.5 Å². The predicted octanol–water partition coefficient (Wildman–Crippen LogP) is 2.66. The lowest BCUT2D eigenvalue weighted by atomic mass is 9.91. The Morgan fingerprint density at radius 1 is 1.35 bits per heavy atom. The number of amides is 1. The number of aliphatic imine (C=N–C) groups is 1. The molecule has 0 saturated carbocycles. The maximum Gasteiger partial charge on any atom is 0.409 e. The van der Waals surface area contributed by atoms with Gasteiger partial charge in [0, 0.05) is 19.5 Å². The van der Waals surface area contributed by atoms with Crippen molar-refractivity contribution in [3.05, 3.63) is 0 Å². The third kappa shape index (κ3) is 5.84. The average molecular weight is 324 g/mol. The minimum absolute atomic E-state index is 0.0252. The minimum Gasteiger partial charge on any atom is -0.473 e. The maximum atomic E-state index is 11.9. The van der Waals surface area contributed by atoms with Crippen LogP contribution in [0.1, 0.15) is 46.0 Å². The molecule has 130 valence electrons. The molecule has 0 aromatic rings. The van der Waals surface area contributed by atoms with Crippen LogP contribution in [0.3, 0.4) is 0 Å². The molecule has 0 spiro atoms. The van der Waals surface area contributed by atoms with E-state index in [9.17, 15) is 9.59 Å².